The Labute approximate surface area is 86.3 Å². The van der Waals surface area contributed by atoms with Crippen molar-refractivity contribution >= 4 is 17.6 Å². The van der Waals surface area contributed by atoms with Crippen LogP contribution in [0, 0.1) is 5.82 Å². The number of aliphatic carboxylic acids is 1. The number of halogens is 2. The molecule has 1 atom stereocenters. The van der Waals surface area contributed by atoms with Gasteiger partial charge in [-0.1, -0.05) is 18.5 Å². The van der Waals surface area contributed by atoms with E-state index in [9.17, 15) is 9.18 Å². The first-order valence-corrected chi connectivity index (χ1v) is 4.54. The number of carboxylic acids is 1. The molecule has 1 rings (SSSR count). The molecule has 1 unspecified atom stereocenters. The molecule has 1 N–H and O–H groups in total. The van der Waals surface area contributed by atoms with Gasteiger partial charge < -0.3 is 5.11 Å². The molecule has 0 aliphatic carbocycles. The molecule has 0 spiro atoms. The molecule has 1 aromatic rings. The Morgan fingerprint density at radius 2 is 2.21 bits per heavy atom. The zero-order chi connectivity index (χ0) is 10.7. The van der Waals surface area contributed by atoms with Crippen molar-refractivity contribution < 1.29 is 14.3 Å². The standard InChI is InChI=1S/C10H10ClFO2/c1-6(2-10(13)14)7-3-8(11)5-9(12)4-7/h3-6H,2H2,1H3,(H,13,14). The number of carboxylic acid groups (broad SMARTS) is 1. The minimum atomic E-state index is -0.905. The van der Waals surface area contributed by atoms with Gasteiger partial charge in [-0.2, -0.15) is 0 Å². The van der Waals surface area contributed by atoms with Crippen molar-refractivity contribution in [3.05, 3.63) is 34.6 Å². The molecular formula is C10H10ClFO2. The van der Waals surface area contributed by atoms with Crippen molar-refractivity contribution in [3.63, 3.8) is 0 Å². The predicted molar refractivity (Wildman–Crippen MR) is 52.1 cm³/mol. The molecule has 1 aromatic carbocycles. The molecule has 0 heterocycles. The van der Waals surface area contributed by atoms with Gasteiger partial charge >= 0.3 is 5.97 Å². The van der Waals surface area contributed by atoms with Crippen LogP contribution in [-0.4, -0.2) is 11.1 Å². The van der Waals surface area contributed by atoms with E-state index in [0.717, 1.165) is 0 Å². The van der Waals surface area contributed by atoms with Gasteiger partial charge in [0.05, 0.1) is 6.42 Å². The van der Waals surface area contributed by atoms with Crippen LogP contribution in [0.15, 0.2) is 18.2 Å². The molecule has 76 valence electrons. The summed E-state index contributed by atoms with van der Waals surface area (Å²) in [7, 11) is 0. The average molecular weight is 217 g/mol. The van der Waals surface area contributed by atoms with E-state index in [1.807, 2.05) is 0 Å². The maximum absolute atomic E-state index is 12.9. The zero-order valence-electron chi connectivity index (χ0n) is 7.63. The number of hydrogen-bond donors (Lipinski definition) is 1. The second-order valence-corrected chi connectivity index (χ2v) is 3.64. The summed E-state index contributed by atoms with van der Waals surface area (Å²) in [5.41, 5.74) is 0.609. The minimum absolute atomic E-state index is 0.0280. The highest BCUT2D eigenvalue weighted by Gasteiger charge is 2.11. The molecule has 0 saturated carbocycles. The summed E-state index contributed by atoms with van der Waals surface area (Å²) in [6.07, 6.45) is -0.0280. The van der Waals surface area contributed by atoms with Crippen LogP contribution in [0.4, 0.5) is 4.39 Å². The third kappa shape index (κ3) is 3.00. The highest BCUT2D eigenvalue weighted by atomic mass is 35.5. The minimum Gasteiger partial charge on any atom is -0.481 e. The van der Waals surface area contributed by atoms with Gasteiger partial charge in [0.25, 0.3) is 0 Å². The van der Waals surface area contributed by atoms with E-state index in [0.29, 0.717) is 5.56 Å². The predicted octanol–water partition coefficient (Wildman–Crippen LogP) is 3.06. The lowest BCUT2D eigenvalue weighted by Crippen LogP contribution is -2.03. The fraction of sp³-hybridized carbons (Fsp3) is 0.300. The van der Waals surface area contributed by atoms with Crippen LogP contribution in [0.1, 0.15) is 24.8 Å². The smallest absolute Gasteiger partial charge is 0.303 e. The molecule has 0 bridgehead atoms. The van der Waals surface area contributed by atoms with Crippen molar-refractivity contribution in [2.75, 3.05) is 0 Å². The SMILES string of the molecule is CC(CC(=O)O)c1cc(F)cc(Cl)c1. The van der Waals surface area contributed by atoms with Gasteiger partial charge in [-0.15, -0.1) is 0 Å². The summed E-state index contributed by atoms with van der Waals surface area (Å²) >= 11 is 5.64. The van der Waals surface area contributed by atoms with Gasteiger partial charge in [-0.3, -0.25) is 4.79 Å². The van der Waals surface area contributed by atoms with Crippen LogP contribution in [0.2, 0.25) is 5.02 Å². The first-order valence-electron chi connectivity index (χ1n) is 4.17. The van der Waals surface area contributed by atoms with E-state index in [-0.39, 0.29) is 17.4 Å². The molecule has 0 aliphatic rings. The second-order valence-electron chi connectivity index (χ2n) is 3.20. The van der Waals surface area contributed by atoms with Gasteiger partial charge in [-0.05, 0) is 29.7 Å². The normalized spacial score (nSPS) is 12.5. The lowest BCUT2D eigenvalue weighted by molar-refractivity contribution is -0.137. The van der Waals surface area contributed by atoms with Crippen molar-refractivity contribution in [2.45, 2.75) is 19.3 Å². The van der Waals surface area contributed by atoms with E-state index in [4.69, 9.17) is 16.7 Å². The van der Waals surface area contributed by atoms with Gasteiger partial charge in [0.2, 0.25) is 0 Å². The third-order valence-electron chi connectivity index (χ3n) is 1.93. The number of carbonyl (C=O) groups is 1. The summed E-state index contributed by atoms with van der Waals surface area (Å²) < 4.78 is 12.9. The molecule has 0 saturated heterocycles. The van der Waals surface area contributed by atoms with Crippen molar-refractivity contribution in [2.24, 2.45) is 0 Å². The molecule has 0 aromatic heterocycles. The lowest BCUT2D eigenvalue weighted by Gasteiger charge is -2.09. The summed E-state index contributed by atoms with van der Waals surface area (Å²) in [5, 5.41) is 8.85. The number of hydrogen-bond acceptors (Lipinski definition) is 1. The molecule has 0 amide bonds. The Hall–Kier alpha value is -1.09. The van der Waals surface area contributed by atoms with E-state index in [1.54, 1.807) is 13.0 Å². The Morgan fingerprint density at radius 3 is 2.71 bits per heavy atom. The quantitative estimate of drug-likeness (QED) is 0.843. The maximum atomic E-state index is 12.9. The molecule has 14 heavy (non-hydrogen) atoms. The molecule has 2 nitrogen and oxygen atoms in total. The van der Waals surface area contributed by atoms with Gasteiger partial charge in [-0.25, -0.2) is 4.39 Å². The summed E-state index contributed by atoms with van der Waals surface area (Å²) in [6, 6.07) is 4.08. The number of benzene rings is 1. The van der Waals surface area contributed by atoms with Crippen LogP contribution in [0.5, 0.6) is 0 Å². The van der Waals surface area contributed by atoms with Crippen molar-refractivity contribution in [1.29, 1.82) is 0 Å². The lowest BCUT2D eigenvalue weighted by atomic mass is 9.98. The Kier molecular flexibility index (Phi) is 3.47. The highest BCUT2D eigenvalue weighted by molar-refractivity contribution is 6.30. The summed E-state index contributed by atoms with van der Waals surface area (Å²) in [5.74, 6) is -1.58. The summed E-state index contributed by atoms with van der Waals surface area (Å²) in [4.78, 5) is 10.4. The van der Waals surface area contributed by atoms with Crippen molar-refractivity contribution in [1.82, 2.24) is 0 Å². The summed E-state index contributed by atoms with van der Waals surface area (Å²) in [6.45, 7) is 1.72. The number of rotatable bonds is 3. The first-order chi connectivity index (χ1) is 6.49. The largest absolute Gasteiger partial charge is 0.481 e. The van der Waals surface area contributed by atoms with E-state index >= 15 is 0 Å². The third-order valence-corrected chi connectivity index (χ3v) is 2.15. The Balaban J connectivity index is 2.89. The van der Waals surface area contributed by atoms with E-state index in [2.05, 4.69) is 0 Å². The molecule has 0 radical (unpaired) electrons. The van der Waals surface area contributed by atoms with E-state index < -0.39 is 11.8 Å². The first kappa shape index (κ1) is 11.0. The average Bonchev–Trinajstić information content (AvgIpc) is 2.00. The fourth-order valence-electron chi connectivity index (χ4n) is 1.24. The highest BCUT2D eigenvalue weighted by Crippen LogP contribution is 2.23. The molecule has 0 fully saturated rings. The zero-order valence-corrected chi connectivity index (χ0v) is 8.38. The van der Waals surface area contributed by atoms with Gasteiger partial charge in [0.15, 0.2) is 0 Å². The maximum Gasteiger partial charge on any atom is 0.303 e. The van der Waals surface area contributed by atoms with Crippen LogP contribution in [0.25, 0.3) is 0 Å². The molecular weight excluding hydrogens is 207 g/mol. The van der Waals surface area contributed by atoms with Crippen LogP contribution >= 0.6 is 11.6 Å². The fourth-order valence-corrected chi connectivity index (χ4v) is 1.47. The van der Waals surface area contributed by atoms with Gasteiger partial charge in [0, 0.05) is 5.02 Å². The van der Waals surface area contributed by atoms with E-state index in [1.165, 1.54) is 12.1 Å². The topological polar surface area (TPSA) is 37.3 Å². The molecule has 0 aliphatic heterocycles. The van der Waals surface area contributed by atoms with Gasteiger partial charge in [0.1, 0.15) is 5.82 Å². The monoisotopic (exact) mass is 216 g/mol. The van der Waals surface area contributed by atoms with Crippen LogP contribution < -0.4 is 0 Å². The van der Waals surface area contributed by atoms with Crippen LogP contribution in [-0.2, 0) is 4.79 Å². The second kappa shape index (κ2) is 4.42. The van der Waals surface area contributed by atoms with Crippen molar-refractivity contribution in [3.8, 4) is 0 Å². The Bertz CT molecular complexity index is 332. The Morgan fingerprint density at radius 1 is 1.57 bits per heavy atom. The molecule has 4 heteroatoms. The van der Waals surface area contributed by atoms with Crippen LogP contribution in [0.3, 0.4) is 0 Å².